The minimum absolute atomic E-state index is 0.198. The molecule has 0 aliphatic carbocycles. The molecular formula is C17H26FN7. The summed E-state index contributed by atoms with van der Waals surface area (Å²) in [4.78, 5) is 10.6. The van der Waals surface area contributed by atoms with E-state index in [2.05, 4.69) is 25.7 Å². The molecule has 25 heavy (non-hydrogen) atoms. The van der Waals surface area contributed by atoms with Gasteiger partial charge in [0.05, 0.1) is 5.69 Å². The molecule has 1 aromatic heterocycles. The van der Waals surface area contributed by atoms with Crippen LogP contribution in [0.5, 0.6) is 0 Å². The highest BCUT2D eigenvalue weighted by molar-refractivity contribution is 5.79. The Kier molecular flexibility index (Phi) is 7.18. The number of aryl methyl sites for hydroxylation is 1. The van der Waals surface area contributed by atoms with Gasteiger partial charge in [0.15, 0.2) is 5.96 Å². The number of aromatic nitrogens is 3. The van der Waals surface area contributed by atoms with Crippen molar-refractivity contribution in [3.63, 3.8) is 0 Å². The molecule has 0 unspecified atom stereocenters. The second-order valence-electron chi connectivity index (χ2n) is 5.65. The first kappa shape index (κ1) is 18.7. The van der Waals surface area contributed by atoms with E-state index in [1.165, 1.54) is 12.4 Å². The smallest absolute Gasteiger partial charge is 0.191 e. The van der Waals surface area contributed by atoms with Crippen LogP contribution in [0.25, 0.3) is 0 Å². The molecule has 136 valence electrons. The second kappa shape index (κ2) is 9.61. The van der Waals surface area contributed by atoms with Crippen LogP contribution in [0.4, 0.5) is 10.1 Å². The van der Waals surface area contributed by atoms with Gasteiger partial charge in [-0.2, -0.15) is 5.10 Å². The molecule has 0 aliphatic rings. The maximum Gasteiger partial charge on any atom is 0.191 e. The molecule has 0 spiro atoms. The number of para-hydroxylation sites is 1. The predicted molar refractivity (Wildman–Crippen MR) is 98.1 cm³/mol. The molecule has 1 heterocycles. The largest absolute Gasteiger partial charge is 0.372 e. The van der Waals surface area contributed by atoms with Crippen molar-refractivity contribution in [1.29, 1.82) is 0 Å². The van der Waals surface area contributed by atoms with E-state index in [0.29, 0.717) is 12.2 Å². The van der Waals surface area contributed by atoms with E-state index >= 15 is 0 Å². The summed E-state index contributed by atoms with van der Waals surface area (Å²) in [6, 6.07) is 6.81. The van der Waals surface area contributed by atoms with Gasteiger partial charge in [0.2, 0.25) is 0 Å². The minimum Gasteiger partial charge on any atom is -0.372 e. The summed E-state index contributed by atoms with van der Waals surface area (Å²) in [6.07, 6.45) is 2.38. The monoisotopic (exact) mass is 347 g/mol. The van der Waals surface area contributed by atoms with Crippen LogP contribution in [0.3, 0.4) is 0 Å². The van der Waals surface area contributed by atoms with Crippen molar-refractivity contribution < 1.29 is 4.39 Å². The van der Waals surface area contributed by atoms with Gasteiger partial charge in [0.1, 0.15) is 24.5 Å². The molecule has 8 heteroatoms. The van der Waals surface area contributed by atoms with Crippen molar-refractivity contribution >= 4 is 11.6 Å². The molecule has 0 saturated carbocycles. The van der Waals surface area contributed by atoms with Crippen molar-refractivity contribution in [2.45, 2.75) is 19.9 Å². The van der Waals surface area contributed by atoms with Gasteiger partial charge in [-0.15, -0.1) is 0 Å². The van der Waals surface area contributed by atoms with Crippen LogP contribution in [0.1, 0.15) is 19.2 Å². The highest BCUT2D eigenvalue weighted by Crippen LogP contribution is 2.16. The molecule has 2 rings (SSSR count). The first-order chi connectivity index (χ1) is 12.1. The second-order valence-corrected chi connectivity index (χ2v) is 5.65. The lowest BCUT2D eigenvalue weighted by atomic mass is 10.2. The van der Waals surface area contributed by atoms with E-state index in [1.807, 2.05) is 32.0 Å². The number of anilines is 1. The first-order valence-electron chi connectivity index (χ1n) is 8.42. The maximum atomic E-state index is 13.7. The lowest BCUT2D eigenvalue weighted by Gasteiger charge is -2.20. The predicted octanol–water partition coefficient (Wildman–Crippen LogP) is 1.54. The summed E-state index contributed by atoms with van der Waals surface area (Å²) in [5, 5.41) is 10.5. The number of halogens is 1. The van der Waals surface area contributed by atoms with E-state index < -0.39 is 0 Å². The molecule has 0 radical (unpaired) electrons. The molecule has 0 saturated heterocycles. The topological polar surface area (TPSA) is 70.4 Å². The van der Waals surface area contributed by atoms with Crippen LogP contribution < -0.4 is 15.5 Å². The molecule has 2 N–H and O–H groups in total. The van der Waals surface area contributed by atoms with Crippen LogP contribution in [0, 0.1) is 5.82 Å². The van der Waals surface area contributed by atoms with Gasteiger partial charge in [0.25, 0.3) is 0 Å². The molecule has 0 atom stereocenters. The zero-order chi connectivity index (χ0) is 18.1. The number of benzene rings is 1. The SMILES string of the molecule is CCNC(=NCc1ncnn1C)NCCCN(C)c1ccccc1F. The van der Waals surface area contributed by atoms with Gasteiger partial charge in [-0.25, -0.2) is 14.4 Å². The molecule has 0 bridgehead atoms. The van der Waals surface area contributed by atoms with Gasteiger partial charge < -0.3 is 15.5 Å². The Hall–Kier alpha value is -2.64. The normalized spacial score (nSPS) is 11.4. The van der Waals surface area contributed by atoms with E-state index in [1.54, 1.807) is 16.8 Å². The average Bonchev–Trinajstić information content (AvgIpc) is 3.01. The van der Waals surface area contributed by atoms with E-state index in [0.717, 1.165) is 37.8 Å². The number of aliphatic imine (C=N–C) groups is 1. The number of nitrogens with one attached hydrogen (secondary N) is 2. The van der Waals surface area contributed by atoms with Gasteiger partial charge >= 0.3 is 0 Å². The minimum atomic E-state index is -0.198. The molecule has 0 fully saturated rings. The fourth-order valence-corrected chi connectivity index (χ4v) is 2.36. The summed E-state index contributed by atoms with van der Waals surface area (Å²) < 4.78 is 15.5. The zero-order valence-corrected chi connectivity index (χ0v) is 15.0. The Morgan fingerprint density at radius 1 is 1.32 bits per heavy atom. The van der Waals surface area contributed by atoms with Gasteiger partial charge in [0, 0.05) is 33.7 Å². The van der Waals surface area contributed by atoms with Gasteiger partial charge in [-0.1, -0.05) is 12.1 Å². The Bertz CT molecular complexity index is 683. The quantitative estimate of drug-likeness (QED) is 0.431. The fraction of sp³-hybridized carbons (Fsp3) is 0.471. The Morgan fingerprint density at radius 3 is 2.80 bits per heavy atom. The lowest BCUT2D eigenvalue weighted by Crippen LogP contribution is -2.38. The number of hydrogen-bond donors (Lipinski definition) is 2. The molecule has 0 aliphatic heterocycles. The molecule has 0 amide bonds. The highest BCUT2D eigenvalue weighted by Gasteiger charge is 2.06. The maximum absolute atomic E-state index is 13.7. The van der Waals surface area contributed by atoms with Crippen molar-refractivity contribution in [3.8, 4) is 0 Å². The van der Waals surface area contributed by atoms with E-state index in [9.17, 15) is 4.39 Å². The third-order valence-electron chi connectivity index (χ3n) is 3.75. The Balaban J connectivity index is 1.79. The number of nitrogens with zero attached hydrogens (tertiary/aromatic N) is 5. The van der Waals surface area contributed by atoms with Crippen LogP contribution in [0.2, 0.25) is 0 Å². The van der Waals surface area contributed by atoms with Crippen molar-refractivity contribution in [1.82, 2.24) is 25.4 Å². The number of rotatable bonds is 8. The third-order valence-corrected chi connectivity index (χ3v) is 3.75. The molecule has 1 aromatic carbocycles. The standard InChI is InChI=1S/C17H26FN7/c1-4-19-17(21-12-16-22-13-23-25(16)3)20-10-7-11-24(2)15-9-6-5-8-14(15)18/h5-6,8-9,13H,4,7,10-12H2,1-3H3,(H2,19,20,21). The van der Waals surface area contributed by atoms with Crippen LogP contribution in [0.15, 0.2) is 35.6 Å². The highest BCUT2D eigenvalue weighted by atomic mass is 19.1. The fourth-order valence-electron chi connectivity index (χ4n) is 2.36. The van der Waals surface area contributed by atoms with Gasteiger partial charge in [-0.05, 0) is 25.5 Å². The summed E-state index contributed by atoms with van der Waals surface area (Å²) in [5.41, 5.74) is 0.616. The molecule has 2 aromatic rings. The van der Waals surface area contributed by atoms with Crippen molar-refractivity contribution in [3.05, 3.63) is 42.2 Å². The summed E-state index contributed by atoms with van der Waals surface area (Å²) in [5.74, 6) is 1.34. The van der Waals surface area contributed by atoms with Crippen molar-refractivity contribution in [2.24, 2.45) is 12.0 Å². The first-order valence-corrected chi connectivity index (χ1v) is 8.42. The molecular weight excluding hydrogens is 321 g/mol. The van der Waals surface area contributed by atoms with Crippen LogP contribution in [-0.2, 0) is 13.6 Å². The Morgan fingerprint density at radius 2 is 2.12 bits per heavy atom. The summed E-state index contributed by atoms with van der Waals surface area (Å²) >= 11 is 0. The number of hydrogen-bond acceptors (Lipinski definition) is 4. The third kappa shape index (κ3) is 5.74. The molecule has 7 nitrogen and oxygen atoms in total. The summed E-state index contributed by atoms with van der Waals surface area (Å²) in [7, 11) is 3.74. The average molecular weight is 347 g/mol. The van der Waals surface area contributed by atoms with E-state index in [-0.39, 0.29) is 5.82 Å². The van der Waals surface area contributed by atoms with Crippen molar-refractivity contribution in [2.75, 3.05) is 31.6 Å². The zero-order valence-electron chi connectivity index (χ0n) is 15.0. The Labute approximate surface area is 148 Å². The number of guanidine groups is 1. The van der Waals surface area contributed by atoms with Crippen LogP contribution in [-0.4, -0.2) is 47.4 Å². The van der Waals surface area contributed by atoms with E-state index in [4.69, 9.17) is 0 Å². The summed E-state index contributed by atoms with van der Waals surface area (Å²) in [6.45, 7) is 4.74. The van der Waals surface area contributed by atoms with Crippen LogP contribution >= 0.6 is 0 Å². The lowest BCUT2D eigenvalue weighted by molar-refractivity contribution is 0.619. The van der Waals surface area contributed by atoms with Gasteiger partial charge in [-0.3, -0.25) is 4.68 Å².